The molecular formula is C38H28N2S. The number of benzene rings is 5. The Morgan fingerprint density at radius 1 is 0.756 bits per heavy atom. The van der Waals surface area contributed by atoms with Crippen molar-refractivity contribution in [1.82, 2.24) is 4.57 Å². The average molecular weight is 545 g/mol. The first kappa shape index (κ1) is 24.2. The van der Waals surface area contributed by atoms with Gasteiger partial charge in [0.05, 0.1) is 22.3 Å². The van der Waals surface area contributed by atoms with Crippen molar-refractivity contribution in [2.24, 2.45) is 4.99 Å². The van der Waals surface area contributed by atoms with Crippen molar-refractivity contribution in [3.8, 4) is 0 Å². The second-order valence-electron chi connectivity index (χ2n) is 10.8. The van der Waals surface area contributed by atoms with Gasteiger partial charge < -0.3 is 4.57 Å². The van der Waals surface area contributed by atoms with E-state index in [1.807, 2.05) is 11.8 Å². The number of rotatable bonds is 5. The molecule has 2 aliphatic rings. The van der Waals surface area contributed by atoms with Gasteiger partial charge in [-0.3, -0.25) is 4.99 Å². The number of hydrogen-bond acceptors (Lipinski definition) is 2. The average Bonchev–Trinajstić information content (AvgIpc) is 3.41. The molecule has 5 aromatic carbocycles. The Morgan fingerprint density at radius 2 is 1.49 bits per heavy atom. The fourth-order valence-electron chi connectivity index (χ4n) is 6.85. The maximum Gasteiger partial charge on any atom is 0.0924 e. The van der Waals surface area contributed by atoms with Crippen molar-refractivity contribution in [3.63, 3.8) is 0 Å². The summed E-state index contributed by atoms with van der Waals surface area (Å²) in [5.41, 5.74) is 5.72. The van der Waals surface area contributed by atoms with Crippen molar-refractivity contribution in [2.75, 3.05) is 0 Å². The largest absolute Gasteiger partial charge is 0.326 e. The summed E-state index contributed by atoms with van der Waals surface area (Å²) in [5.74, 6) is 0.863. The van der Waals surface area contributed by atoms with Crippen LogP contribution in [-0.4, -0.2) is 11.3 Å². The molecule has 0 aliphatic heterocycles. The third-order valence-corrected chi connectivity index (χ3v) is 9.81. The van der Waals surface area contributed by atoms with Crippen LogP contribution in [0, 0.1) is 0 Å². The third kappa shape index (κ3) is 3.55. The summed E-state index contributed by atoms with van der Waals surface area (Å²) in [6.45, 7) is 4.00. The van der Waals surface area contributed by atoms with Crippen LogP contribution >= 0.6 is 11.8 Å². The van der Waals surface area contributed by atoms with E-state index in [4.69, 9.17) is 0 Å². The summed E-state index contributed by atoms with van der Waals surface area (Å²) in [4.78, 5) is 5.74. The lowest BCUT2D eigenvalue weighted by Gasteiger charge is -2.38. The molecule has 6 aromatic rings. The van der Waals surface area contributed by atoms with E-state index in [0.717, 1.165) is 17.9 Å². The Bertz CT molecular complexity index is 2140. The minimum atomic E-state index is -0.320. The van der Waals surface area contributed by atoms with Crippen LogP contribution in [0.5, 0.6) is 0 Å². The third-order valence-electron chi connectivity index (χ3n) is 8.63. The van der Waals surface area contributed by atoms with Gasteiger partial charge in [-0.2, -0.15) is 0 Å². The number of thioether (sulfide) groups is 1. The van der Waals surface area contributed by atoms with Crippen LogP contribution in [0.25, 0.3) is 43.4 Å². The van der Waals surface area contributed by atoms with Gasteiger partial charge in [-0.05, 0) is 52.6 Å². The molecule has 3 heteroatoms. The summed E-state index contributed by atoms with van der Waals surface area (Å²) >= 11 is 1.86. The normalized spacial score (nSPS) is 17.9. The molecule has 1 atom stereocenters. The Balaban J connectivity index is 1.58. The van der Waals surface area contributed by atoms with Gasteiger partial charge in [0, 0.05) is 26.8 Å². The summed E-state index contributed by atoms with van der Waals surface area (Å²) < 4.78 is 2.63. The molecule has 0 spiro atoms. The molecule has 1 unspecified atom stereocenters. The molecule has 2 aliphatic carbocycles. The highest BCUT2D eigenvalue weighted by molar-refractivity contribution is 7.99. The molecule has 0 amide bonds. The Hall–Kier alpha value is -4.60. The molecule has 0 saturated heterocycles. The molecule has 1 heterocycles. The van der Waals surface area contributed by atoms with Crippen LogP contribution in [0.2, 0.25) is 0 Å². The predicted molar refractivity (Wildman–Crippen MR) is 178 cm³/mol. The molecule has 0 fully saturated rings. The molecule has 1 aromatic heterocycles. The number of aromatic nitrogens is 1. The number of aliphatic imine (C=N–C) groups is 1. The first-order valence-electron chi connectivity index (χ1n) is 14.1. The SMILES string of the molecule is C=Nc1ccc2c(c1SCc1ccccc1)c1c3ccccc3c3ccccc3c1n2C12C=CC=CC1=CC=CC2. The number of hydrogen-bond donors (Lipinski definition) is 0. The quantitative estimate of drug-likeness (QED) is 0.120. The highest BCUT2D eigenvalue weighted by Gasteiger charge is 2.38. The van der Waals surface area contributed by atoms with E-state index in [0.29, 0.717) is 0 Å². The van der Waals surface area contributed by atoms with Crippen molar-refractivity contribution in [1.29, 1.82) is 0 Å². The van der Waals surface area contributed by atoms with Gasteiger partial charge in [0.15, 0.2) is 0 Å². The maximum absolute atomic E-state index is 4.56. The van der Waals surface area contributed by atoms with Crippen molar-refractivity contribution >= 4 is 67.5 Å². The minimum absolute atomic E-state index is 0.320. The summed E-state index contributed by atoms with van der Waals surface area (Å²) in [6, 6.07) is 32.9. The highest BCUT2D eigenvalue weighted by atomic mass is 32.2. The second-order valence-corrected chi connectivity index (χ2v) is 11.8. The van der Waals surface area contributed by atoms with Crippen LogP contribution in [0.4, 0.5) is 5.69 Å². The maximum atomic E-state index is 4.56. The molecule has 196 valence electrons. The molecule has 41 heavy (non-hydrogen) atoms. The lowest BCUT2D eigenvalue weighted by Crippen LogP contribution is -2.34. The van der Waals surface area contributed by atoms with Crippen LogP contribution < -0.4 is 0 Å². The lowest BCUT2D eigenvalue weighted by molar-refractivity contribution is 0.474. The topological polar surface area (TPSA) is 17.3 Å². The van der Waals surface area contributed by atoms with Crippen LogP contribution in [-0.2, 0) is 11.3 Å². The second kappa shape index (κ2) is 9.50. The Morgan fingerprint density at radius 3 is 2.29 bits per heavy atom. The fourth-order valence-corrected chi connectivity index (χ4v) is 7.98. The van der Waals surface area contributed by atoms with E-state index in [1.54, 1.807) is 0 Å². The highest BCUT2D eigenvalue weighted by Crippen LogP contribution is 2.51. The predicted octanol–water partition coefficient (Wildman–Crippen LogP) is 10.4. The standard InChI is InChI=1S/C38H28N2S/c1-39-32-21-22-33-35(37(32)41-25-26-13-3-2-4-14-26)34-30-19-7-5-17-28(30)29-18-6-8-20-31(29)36(34)40(33)38-23-11-9-15-27(38)16-10-12-24-38/h2-23H,1,24-25H2. The summed E-state index contributed by atoms with van der Waals surface area (Å²) in [6.07, 6.45) is 16.7. The van der Waals surface area contributed by atoms with E-state index < -0.39 is 0 Å². The smallest absolute Gasteiger partial charge is 0.0924 e. The molecule has 0 radical (unpaired) electrons. The Labute approximate surface area is 243 Å². The van der Waals surface area contributed by atoms with Crippen molar-refractivity contribution in [3.05, 3.63) is 145 Å². The monoisotopic (exact) mass is 544 g/mol. The summed E-state index contributed by atoms with van der Waals surface area (Å²) in [7, 11) is 0. The van der Waals surface area contributed by atoms with Gasteiger partial charge in [-0.25, -0.2) is 0 Å². The first-order chi connectivity index (χ1) is 20.3. The molecule has 2 nitrogen and oxygen atoms in total. The molecular weight excluding hydrogens is 516 g/mol. The van der Waals surface area contributed by atoms with E-state index in [9.17, 15) is 0 Å². The van der Waals surface area contributed by atoms with Gasteiger partial charge >= 0.3 is 0 Å². The molecule has 0 N–H and O–H groups in total. The number of nitrogens with zero attached hydrogens (tertiary/aromatic N) is 2. The number of allylic oxidation sites excluding steroid dienone is 8. The Kier molecular flexibility index (Phi) is 5.61. The molecule has 0 saturated carbocycles. The zero-order chi connectivity index (χ0) is 27.4. The van der Waals surface area contributed by atoms with E-state index >= 15 is 0 Å². The zero-order valence-corrected chi connectivity index (χ0v) is 23.4. The van der Waals surface area contributed by atoms with E-state index in [1.165, 1.54) is 59.4 Å². The van der Waals surface area contributed by atoms with E-state index in [2.05, 4.69) is 150 Å². The van der Waals surface area contributed by atoms with Crippen LogP contribution in [0.3, 0.4) is 0 Å². The van der Waals surface area contributed by atoms with Crippen molar-refractivity contribution < 1.29 is 0 Å². The first-order valence-corrected chi connectivity index (χ1v) is 15.1. The van der Waals surface area contributed by atoms with Gasteiger partial charge in [0.25, 0.3) is 0 Å². The summed E-state index contributed by atoms with van der Waals surface area (Å²) in [5, 5.41) is 7.66. The minimum Gasteiger partial charge on any atom is -0.326 e. The van der Waals surface area contributed by atoms with Gasteiger partial charge in [0.2, 0.25) is 0 Å². The van der Waals surface area contributed by atoms with Gasteiger partial charge in [0.1, 0.15) is 0 Å². The fraction of sp³-hybridized carbons (Fsp3) is 0.0789. The van der Waals surface area contributed by atoms with Crippen molar-refractivity contribution in [2.45, 2.75) is 22.6 Å². The van der Waals surface area contributed by atoms with Crippen LogP contribution in [0.15, 0.2) is 149 Å². The van der Waals surface area contributed by atoms with Gasteiger partial charge in [-0.1, -0.05) is 121 Å². The zero-order valence-electron chi connectivity index (χ0n) is 22.6. The van der Waals surface area contributed by atoms with E-state index in [-0.39, 0.29) is 5.54 Å². The molecule has 0 bridgehead atoms. The molecule has 8 rings (SSSR count). The number of fused-ring (bicyclic) bond motifs is 9. The van der Waals surface area contributed by atoms with Gasteiger partial charge in [-0.15, -0.1) is 11.8 Å². The lowest BCUT2D eigenvalue weighted by atomic mass is 9.79. The van der Waals surface area contributed by atoms with Crippen LogP contribution in [0.1, 0.15) is 12.0 Å².